The Hall–Kier alpha value is -2.68. The number of carbonyl (C=O) groups excluding carboxylic acids is 1. The number of nitro benzene ring substituents is 1. The molecule has 158 valence electrons. The maximum absolute atomic E-state index is 12.2. The highest BCUT2D eigenvalue weighted by Gasteiger charge is 2.30. The fraction of sp³-hybridized carbons (Fsp3) is 0.600. The Bertz CT molecular complexity index is 755. The van der Waals surface area contributed by atoms with E-state index < -0.39 is 16.8 Å². The van der Waals surface area contributed by atoms with E-state index in [2.05, 4.69) is 10.6 Å². The molecule has 2 saturated heterocycles. The predicted molar refractivity (Wildman–Crippen MR) is 108 cm³/mol. The molecular formula is C20H28N4O5. The zero-order valence-corrected chi connectivity index (χ0v) is 16.4. The van der Waals surface area contributed by atoms with Crippen LogP contribution in [0.1, 0.15) is 42.5 Å². The number of anilines is 1. The molecule has 2 aliphatic heterocycles. The van der Waals surface area contributed by atoms with Gasteiger partial charge in [0, 0.05) is 31.3 Å². The summed E-state index contributed by atoms with van der Waals surface area (Å²) < 4.78 is 0. The first-order valence-corrected chi connectivity index (χ1v) is 10.2. The molecule has 2 fully saturated rings. The Morgan fingerprint density at radius 1 is 1.17 bits per heavy atom. The van der Waals surface area contributed by atoms with Crippen molar-refractivity contribution in [1.82, 2.24) is 10.6 Å². The third kappa shape index (κ3) is 5.44. The lowest BCUT2D eigenvalue weighted by molar-refractivity contribution is -0.384. The zero-order valence-electron chi connectivity index (χ0n) is 16.4. The smallest absolute Gasteiger partial charge is 0.305 e. The molecule has 3 N–H and O–H groups in total. The molecule has 0 saturated carbocycles. The van der Waals surface area contributed by atoms with E-state index in [9.17, 15) is 19.7 Å². The van der Waals surface area contributed by atoms with Crippen LogP contribution in [-0.2, 0) is 4.79 Å². The first kappa shape index (κ1) is 21.0. The molecule has 2 aliphatic rings. The van der Waals surface area contributed by atoms with Crippen LogP contribution in [0, 0.1) is 22.0 Å². The number of carboxylic acid groups (broad SMARTS) is 1. The lowest BCUT2D eigenvalue weighted by atomic mass is 9.79. The van der Waals surface area contributed by atoms with E-state index in [4.69, 9.17) is 5.11 Å². The van der Waals surface area contributed by atoms with Gasteiger partial charge >= 0.3 is 5.97 Å². The van der Waals surface area contributed by atoms with Crippen molar-refractivity contribution in [2.45, 2.75) is 32.1 Å². The lowest BCUT2D eigenvalue weighted by Crippen LogP contribution is -2.39. The van der Waals surface area contributed by atoms with E-state index >= 15 is 0 Å². The van der Waals surface area contributed by atoms with Crippen molar-refractivity contribution in [2.75, 3.05) is 37.6 Å². The summed E-state index contributed by atoms with van der Waals surface area (Å²) in [7, 11) is 0. The van der Waals surface area contributed by atoms with E-state index in [-0.39, 0.29) is 24.2 Å². The molecule has 0 aliphatic carbocycles. The third-order valence-electron chi connectivity index (χ3n) is 5.99. The van der Waals surface area contributed by atoms with E-state index in [0.717, 1.165) is 44.9 Å². The second-order valence-electron chi connectivity index (χ2n) is 7.77. The van der Waals surface area contributed by atoms with Gasteiger partial charge in [0.2, 0.25) is 0 Å². The van der Waals surface area contributed by atoms with Crippen molar-refractivity contribution >= 4 is 23.3 Å². The van der Waals surface area contributed by atoms with Crippen molar-refractivity contribution in [3.8, 4) is 0 Å². The standard InChI is InChI=1S/C20H28N4O5/c25-19(26)5-10-22-20(27)16-1-2-17(18(13-16)24(28)29)23-11-6-15(7-12-23)14-3-8-21-9-4-14/h1-2,13-15,21H,3-12H2,(H,22,27)(H,25,26). The van der Waals surface area contributed by atoms with Crippen LogP contribution in [0.25, 0.3) is 0 Å². The molecule has 1 aromatic rings. The molecular weight excluding hydrogens is 376 g/mol. The molecule has 0 spiro atoms. The summed E-state index contributed by atoms with van der Waals surface area (Å²) >= 11 is 0. The highest BCUT2D eigenvalue weighted by molar-refractivity contribution is 5.96. The van der Waals surface area contributed by atoms with Gasteiger partial charge in [-0.25, -0.2) is 0 Å². The molecule has 9 heteroatoms. The van der Waals surface area contributed by atoms with Crippen molar-refractivity contribution < 1.29 is 19.6 Å². The molecule has 0 aromatic heterocycles. The van der Waals surface area contributed by atoms with E-state index in [1.807, 2.05) is 4.90 Å². The number of aliphatic carboxylic acids is 1. The number of carbonyl (C=O) groups is 2. The minimum absolute atomic E-state index is 0.0199. The number of hydrogen-bond donors (Lipinski definition) is 3. The topological polar surface area (TPSA) is 125 Å². The van der Waals surface area contributed by atoms with Crippen LogP contribution >= 0.6 is 0 Å². The molecule has 29 heavy (non-hydrogen) atoms. The predicted octanol–water partition coefficient (Wildman–Crippen LogP) is 2.02. The van der Waals surface area contributed by atoms with Gasteiger partial charge in [-0.2, -0.15) is 0 Å². The Balaban J connectivity index is 1.65. The van der Waals surface area contributed by atoms with Crippen LogP contribution in [0.15, 0.2) is 18.2 Å². The van der Waals surface area contributed by atoms with Crippen molar-refractivity contribution in [2.24, 2.45) is 11.8 Å². The maximum atomic E-state index is 12.2. The molecule has 3 rings (SSSR count). The summed E-state index contributed by atoms with van der Waals surface area (Å²) in [6.07, 6.45) is 4.27. The van der Waals surface area contributed by atoms with Gasteiger partial charge < -0.3 is 20.6 Å². The molecule has 0 atom stereocenters. The Labute approximate surface area is 169 Å². The number of amides is 1. The van der Waals surface area contributed by atoms with Crippen LogP contribution in [0.3, 0.4) is 0 Å². The van der Waals surface area contributed by atoms with Gasteiger partial charge in [0.15, 0.2) is 0 Å². The van der Waals surface area contributed by atoms with E-state index in [1.54, 1.807) is 12.1 Å². The van der Waals surface area contributed by atoms with Crippen molar-refractivity contribution in [3.63, 3.8) is 0 Å². The van der Waals surface area contributed by atoms with Crippen LogP contribution in [0.2, 0.25) is 0 Å². The fourth-order valence-electron chi connectivity index (χ4n) is 4.39. The number of hydrogen-bond acceptors (Lipinski definition) is 6. The lowest BCUT2D eigenvalue weighted by Gasteiger charge is -2.38. The minimum Gasteiger partial charge on any atom is -0.481 e. The summed E-state index contributed by atoms with van der Waals surface area (Å²) in [5.74, 6) is -0.109. The number of rotatable bonds is 7. The van der Waals surface area contributed by atoms with Gasteiger partial charge in [0.05, 0.1) is 11.3 Å². The van der Waals surface area contributed by atoms with Crippen LogP contribution in [0.5, 0.6) is 0 Å². The Morgan fingerprint density at radius 3 is 2.45 bits per heavy atom. The summed E-state index contributed by atoms with van der Waals surface area (Å²) in [5.41, 5.74) is 0.618. The normalized spacial score (nSPS) is 18.4. The highest BCUT2D eigenvalue weighted by Crippen LogP contribution is 2.36. The van der Waals surface area contributed by atoms with Gasteiger partial charge in [-0.05, 0) is 62.7 Å². The monoisotopic (exact) mass is 404 g/mol. The van der Waals surface area contributed by atoms with Gasteiger partial charge in [-0.15, -0.1) is 0 Å². The van der Waals surface area contributed by atoms with Gasteiger partial charge in [0.1, 0.15) is 5.69 Å². The largest absolute Gasteiger partial charge is 0.481 e. The third-order valence-corrected chi connectivity index (χ3v) is 5.99. The van der Waals surface area contributed by atoms with Crippen molar-refractivity contribution in [3.05, 3.63) is 33.9 Å². The molecule has 1 aromatic carbocycles. The first-order valence-electron chi connectivity index (χ1n) is 10.2. The molecule has 2 heterocycles. The second kappa shape index (κ2) is 9.69. The zero-order chi connectivity index (χ0) is 20.8. The highest BCUT2D eigenvalue weighted by atomic mass is 16.6. The molecule has 1 amide bonds. The average molecular weight is 404 g/mol. The van der Waals surface area contributed by atoms with E-state index in [1.165, 1.54) is 18.9 Å². The number of nitrogens with one attached hydrogen (secondary N) is 2. The molecule has 0 radical (unpaired) electrons. The number of benzene rings is 1. The van der Waals surface area contributed by atoms with Gasteiger partial charge in [-0.1, -0.05) is 0 Å². The second-order valence-corrected chi connectivity index (χ2v) is 7.77. The molecule has 0 bridgehead atoms. The SMILES string of the molecule is O=C(O)CCNC(=O)c1ccc(N2CCC(C3CCNCC3)CC2)c([N+](=O)[O-])c1. The summed E-state index contributed by atoms with van der Waals surface area (Å²) in [6.45, 7) is 3.69. The molecule has 0 unspecified atom stereocenters. The van der Waals surface area contributed by atoms with E-state index in [0.29, 0.717) is 11.6 Å². The first-order chi connectivity index (χ1) is 14.0. The number of nitro groups is 1. The summed E-state index contributed by atoms with van der Waals surface area (Å²) in [5, 5.41) is 26.1. The fourth-order valence-corrected chi connectivity index (χ4v) is 4.39. The van der Waals surface area contributed by atoms with Gasteiger partial charge in [0.25, 0.3) is 11.6 Å². The number of piperidine rings is 2. The van der Waals surface area contributed by atoms with Gasteiger partial charge in [-0.3, -0.25) is 19.7 Å². The molecule has 9 nitrogen and oxygen atoms in total. The Kier molecular flexibility index (Phi) is 7.03. The summed E-state index contributed by atoms with van der Waals surface area (Å²) in [4.78, 5) is 35.9. The van der Waals surface area contributed by atoms with Crippen molar-refractivity contribution in [1.29, 1.82) is 0 Å². The van der Waals surface area contributed by atoms with Crippen LogP contribution in [-0.4, -0.2) is 54.6 Å². The summed E-state index contributed by atoms with van der Waals surface area (Å²) in [6, 6.07) is 4.48. The average Bonchev–Trinajstić information content (AvgIpc) is 2.73. The number of nitrogens with zero attached hydrogens (tertiary/aromatic N) is 2. The minimum atomic E-state index is -1.01. The Morgan fingerprint density at radius 2 is 1.83 bits per heavy atom. The quantitative estimate of drug-likeness (QED) is 0.469. The van der Waals surface area contributed by atoms with Crippen LogP contribution < -0.4 is 15.5 Å². The maximum Gasteiger partial charge on any atom is 0.305 e. The number of carboxylic acids is 1. The van der Waals surface area contributed by atoms with Crippen LogP contribution in [0.4, 0.5) is 11.4 Å².